The van der Waals surface area contributed by atoms with E-state index in [2.05, 4.69) is 11.4 Å². The first-order chi connectivity index (χ1) is 12.8. The number of Topliss-reactive ketones (excluding diaryl/α,β-unsaturated/α-hetero) is 1. The van der Waals surface area contributed by atoms with Crippen molar-refractivity contribution in [2.45, 2.75) is 58.1 Å². The molecule has 1 saturated heterocycles. The fourth-order valence-corrected chi connectivity index (χ4v) is 3.80. The Morgan fingerprint density at radius 3 is 2.59 bits per heavy atom. The highest BCUT2D eigenvalue weighted by molar-refractivity contribution is 5.92. The van der Waals surface area contributed by atoms with Crippen molar-refractivity contribution in [3.63, 3.8) is 0 Å². The SMILES string of the molecule is COC(=O)C(CC(=O)[C@]1(Cc2cccc(C)c2)CCCN1)[C@@H](C)OC(C)=O. The van der Waals surface area contributed by atoms with Gasteiger partial charge in [-0.15, -0.1) is 0 Å². The number of methoxy groups -OCH3 is 1. The Bertz CT molecular complexity index is 694. The van der Waals surface area contributed by atoms with Crippen LogP contribution in [0.1, 0.15) is 44.2 Å². The van der Waals surface area contributed by atoms with Gasteiger partial charge in [-0.2, -0.15) is 0 Å². The average Bonchev–Trinajstić information content (AvgIpc) is 3.07. The van der Waals surface area contributed by atoms with E-state index in [4.69, 9.17) is 9.47 Å². The molecule has 1 fully saturated rings. The van der Waals surface area contributed by atoms with Crippen LogP contribution in [0.25, 0.3) is 0 Å². The van der Waals surface area contributed by atoms with Crippen molar-refractivity contribution in [3.05, 3.63) is 35.4 Å². The zero-order valence-electron chi connectivity index (χ0n) is 16.5. The fraction of sp³-hybridized carbons (Fsp3) is 0.571. The van der Waals surface area contributed by atoms with E-state index >= 15 is 0 Å². The number of rotatable bonds is 8. The maximum Gasteiger partial charge on any atom is 0.312 e. The first-order valence-corrected chi connectivity index (χ1v) is 9.36. The second kappa shape index (κ2) is 9.13. The minimum atomic E-state index is -0.816. The summed E-state index contributed by atoms with van der Waals surface area (Å²) in [5.41, 5.74) is 1.53. The van der Waals surface area contributed by atoms with Crippen LogP contribution < -0.4 is 5.32 Å². The normalized spacial score (nSPS) is 21.3. The first kappa shape index (κ1) is 21.1. The monoisotopic (exact) mass is 375 g/mol. The summed E-state index contributed by atoms with van der Waals surface area (Å²) in [4.78, 5) is 36.7. The lowest BCUT2D eigenvalue weighted by Crippen LogP contribution is -2.51. The maximum atomic E-state index is 13.3. The predicted octanol–water partition coefficient (Wildman–Crippen LogP) is 2.36. The molecule has 1 N–H and O–H groups in total. The number of hydrogen-bond donors (Lipinski definition) is 1. The van der Waals surface area contributed by atoms with Crippen LogP contribution in [0.5, 0.6) is 0 Å². The van der Waals surface area contributed by atoms with E-state index in [0.717, 1.165) is 30.5 Å². The van der Waals surface area contributed by atoms with Gasteiger partial charge in [-0.25, -0.2) is 0 Å². The van der Waals surface area contributed by atoms with Crippen LogP contribution in [0.3, 0.4) is 0 Å². The molecule has 1 heterocycles. The molecule has 1 aromatic rings. The number of ether oxygens (including phenoxy) is 2. The highest BCUT2D eigenvalue weighted by Crippen LogP contribution is 2.29. The van der Waals surface area contributed by atoms with Gasteiger partial charge in [-0.1, -0.05) is 29.8 Å². The fourth-order valence-electron chi connectivity index (χ4n) is 3.80. The van der Waals surface area contributed by atoms with Gasteiger partial charge in [-0.05, 0) is 45.2 Å². The Hall–Kier alpha value is -2.21. The minimum absolute atomic E-state index is 0.0278. The van der Waals surface area contributed by atoms with Gasteiger partial charge in [-0.3, -0.25) is 14.4 Å². The Labute approximate surface area is 160 Å². The van der Waals surface area contributed by atoms with E-state index in [1.54, 1.807) is 6.92 Å². The molecule has 0 aromatic heterocycles. The van der Waals surface area contributed by atoms with Gasteiger partial charge in [0.15, 0.2) is 5.78 Å². The molecule has 1 aromatic carbocycles. The van der Waals surface area contributed by atoms with Gasteiger partial charge in [0.25, 0.3) is 0 Å². The van der Waals surface area contributed by atoms with Crippen LogP contribution in [-0.4, -0.2) is 43.0 Å². The van der Waals surface area contributed by atoms with Crippen molar-refractivity contribution in [3.8, 4) is 0 Å². The number of ketones is 1. The largest absolute Gasteiger partial charge is 0.469 e. The summed E-state index contributed by atoms with van der Waals surface area (Å²) < 4.78 is 10.00. The minimum Gasteiger partial charge on any atom is -0.469 e. The molecular weight excluding hydrogens is 346 g/mol. The Balaban J connectivity index is 2.21. The van der Waals surface area contributed by atoms with Crippen molar-refractivity contribution in [1.29, 1.82) is 0 Å². The van der Waals surface area contributed by atoms with Crippen molar-refractivity contribution in [2.24, 2.45) is 5.92 Å². The van der Waals surface area contributed by atoms with E-state index in [1.807, 2.05) is 25.1 Å². The lowest BCUT2D eigenvalue weighted by atomic mass is 9.80. The molecule has 6 heteroatoms. The highest BCUT2D eigenvalue weighted by atomic mass is 16.6. The second-order valence-electron chi connectivity index (χ2n) is 7.35. The summed E-state index contributed by atoms with van der Waals surface area (Å²) in [6.07, 6.45) is 1.44. The van der Waals surface area contributed by atoms with Crippen molar-refractivity contribution >= 4 is 17.7 Å². The molecular formula is C21H29NO5. The van der Waals surface area contributed by atoms with E-state index in [9.17, 15) is 14.4 Å². The number of carbonyl (C=O) groups excluding carboxylic acids is 3. The lowest BCUT2D eigenvalue weighted by molar-refractivity contribution is -0.160. The Kier molecular flexibility index (Phi) is 7.13. The second-order valence-corrected chi connectivity index (χ2v) is 7.35. The van der Waals surface area contributed by atoms with E-state index in [1.165, 1.54) is 14.0 Å². The Morgan fingerprint density at radius 2 is 2.04 bits per heavy atom. The molecule has 1 aliphatic heterocycles. The topological polar surface area (TPSA) is 81.7 Å². The van der Waals surface area contributed by atoms with Gasteiger partial charge in [0.1, 0.15) is 12.0 Å². The van der Waals surface area contributed by atoms with Crippen LogP contribution in [0.4, 0.5) is 0 Å². The number of aryl methyl sites for hydroxylation is 1. The zero-order valence-corrected chi connectivity index (χ0v) is 16.5. The molecule has 0 aliphatic carbocycles. The quantitative estimate of drug-likeness (QED) is 0.703. The van der Waals surface area contributed by atoms with Crippen LogP contribution in [0.2, 0.25) is 0 Å². The summed E-state index contributed by atoms with van der Waals surface area (Å²) in [6.45, 7) is 5.68. The predicted molar refractivity (Wildman–Crippen MR) is 101 cm³/mol. The third-order valence-electron chi connectivity index (χ3n) is 5.19. The number of esters is 2. The maximum absolute atomic E-state index is 13.3. The zero-order chi connectivity index (χ0) is 20.0. The van der Waals surface area contributed by atoms with Crippen LogP contribution >= 0.6 is 0 Å². The summed E-state index contributed by atoms with van der Waals surface area (Å²) in [6, 6.07) is 8.10. The van der Waals surface area contributed by atoms with Gasteiger partial charge in [0, 0.05) is 13.3 Å². The van der Waals surface area contributed by atoms with E-state index in [-0.39, 0.29) is 12.2 Å². The van der Waals surface area contributed by atoms with Gasteiger partial charge >= 0.3 is 11.9 Å². The summed E-state index contributed by atoms with van der Waals surface area (Å²) in [7, 11) is 1.27. The molecule has 0 saturated carbocycles. The van der Waals surface area contributed by atoms with E-state index in [0.29, 0.717) is 6.42 Å². The molecule has 1 unspecified atom stereocenters. The van der Waals surface area contributed by atoms with Crippen molar-refractivity contribution < 1.29 is 23.9 Å². The number of carbonyl (C=O) groups is 3. The summed E-state index contributed by atoms with van der Waals surface area (Å²) in [5.74, 6) is -1.89. The van der Waals surface area contributed by atoms with Crippen molar-refractivity contribution in [2.75, 3.05) is 13.7 Å². The molecule has 0 spiro atoms. The smallest absolute Gasteiger partial charge is 0.312 e. The Morgan fingerprint density at radius 1 is 1.30 bits per heavy atom. The highest BCUT2D eigenvalue weighted by Gasteiger charge is 2.43. The van der Waals surface area contributed by atoms with Gasteiger partial charge in [0.05, 0.1) is 12.6 Å². The average molecular weight is 375 g/mol. The van der Waals surface area contributed by atoms with Crippen LogP contribution in [0, 0.1) is 12.8 Å². The number of hydrogen-bond acceptors (Lipinski definition) is 6. The molecule has 0 amide bonds. The molecule has 3 atom stereocenters. The summed E-state index contributed by atoms with van der Waals surface area (Å²) >= 11 is 0. The van der Waals surface area contributed by atoms with Gasteiger partial charge in [0.2, 0.25) is 0 Å². The molecule has 1 aliphatic rings. The molecule has 2 rings (SSSR count). The molecule has 148 valence electrons. The number of benzene rings is 1. The molecule has 0 radical (unpaired) electrons. The molecule has 6 nitrogen and oxygen atoms in total. The van der Waals surface area contributed by atoms with Gasteiger partial charge < -0.3 is 14.8 Å². The van der Waals surface area contributed by atoms with Crippen LogP contribution in [-0.2, 0) is 30.3 Å². The molecule has 0 bridgehead atoms. The third kappa shape index (κ3) is 5.39. The van der Waals surface area contributed by atoms with Crippen LogP contribution in [0.15, 0.2) is 24.3 Å². The lowest BCUT2D eigenvalue weighted by Gasteiger charge is -2.31. The third-order valence-corrected chi connectivity index (χ3v) is 5.19. The van der Waals surface area contributed by atoms with Crippen molar-refractivity contribution in [1.82, 2.24) is 5.32 Å². The molecule has 27 heavy (non-hydrogen) atoms. The summed E-state index contributed by atoms with van der Waals surface area (Å²) in [5, 5.41) is 3.37. The van der Waals surface area contributed by atoms with E-state index < -0.39 is 29.5 Å². The first-order valence-electron chi connectivity index (χ1n) is 9.36. The standard InChI is InChI=1S/C21H29NO5/c1-14-7-5-8-17(11-14)13-21(9-6-10-22-21)19(24)12-18(20(25)26-4)15(2)27-16(3)23/h5,7-8,11,15,18,22H,6,9-10,12-13H2,1-4H3/t15-,18?,21-/m1/s1. The number of nitrogens with one attached hydrogen (secondary N) is 1.